The van der Waals surface area contributed by atoms with Gasteiger partial charge in [-0.25, -0.2) is 0 Å². The summed E-state index contributed by atoms with van der Waals surface area (Å²) in [6, 6.07) is 10.2. The van der Waals surface area contributed by atoms with Crippen LogP contribution < -0.4 is 0 Å². The molecule has 0 aliphatic heterocycles. The number of H-pyrrole nitrogens is 1. The number of halogens is 3. The number of benzene rings is 2. The second-order valence-electron chi connectivity index (χ2n) is 4.35. The Labute approximate surface area is 130 Å². The molecule has 3 rings (SSSR count). The van der Waals surface area contributed by atoms with E-state index < -0.39 is 0 Å². The Morgan fingerprint density at radius 2 is 1.70 bits per heavy atom. The molecule has 100 valence electrons. The van der Waals surface area contributed by atoms with E-state index in [0.29, 0.717) is 26.2 Å². The number of carbonyl (C=O) groups excluding carboxylic acids is 1. The highest BCUT2D eigenvalue weighted by Gasteiger charge is 2.16. The summed E-state index contributed by atoms with van der Waals surface area (Å²) in [6.45, 7) is 0. The highest BCUT2D eigenvalue weighted by atomic mass is 35.5. The zero-order valence-electron chi connectivity index (χ0n) is 10.1. The summed E-state index contributed by atoms with van der Waals surface area (Å²) >= 11 is 18.0. The lowest BCUT2D eigenvalue weighted by Gasteiger charge is -2.02. The van der Waals surface area contributed by atoms with Crippen LogP contribution in [-0.4, -0.2) is 10.8 Å². The fourth-order valence-electron chi connectivity index (χ4n) is 2.15. The minimum atomic E-state index is -0.150. The number of ketones is 1. The first kappa shape index (κ1) is 13.5. The van der Waals surface area contributed by atoms with Gasteiger partial charge in [-0.05, 0) is 24.3 Å². The van der Waals surface area contributed by atoms with Crippen LogP contribution in [0.2, 0.25) is 15.1 Å². The van der Waals surface area contributed by atoms with Gasteiger partial charge in [-0.3, -0.25) is 4.79 Å². The van der Waals surface area contributed by atoms with Crippen molar-refractivity contribution in [1.82, 2.24) is 4.98 Å². The third-order valence-electron chi connectivity index (χ3n) is 3.03. The topological polar surface area (TPSA) is 32.9 Å². The molecule has 5 heteroatoms. The number of nitrogens with one attached hydrogen (secondary N) is 1. The Hall–Kier alpha value is -1.48. The molecule has 0 spiro atoms. The molecule has 1 heterocycles. The van der Waals surface area contributed by atoms with Crippen molar-refractivity contribution in [2.24, 2.45) is 0 Å². The van der Waals surface area contributed by atoms with Crippen LogP contribution in [0.3, 0.4) is 0 Å². The van der Waals surface area contributed by atoms with Crippen LogP contribution >= 0.6 is 34.8 Å². The van der Waals surface area contributed by atoms with Crippen LogP contribution in [-0.2, 0) is 0 Å². The van der Waals surface area contributed by atoms with E-state index in [2.05, 4.69) is 4.98 Å². The average molecular weight is 325 g/mol. The van der Waals surface area contributed by atoms with Crippen molar-refractivity contribution >= 4 is 51.5 Å². The highest BCUT2D eigenvalue weighted by molar-refractivity contribution is 6.37. The smallest absolute Gasteiger partial charge is 0.195 e. The van der Waals surface area contributed by atoms with Gasteiger partial charge in [0.2, 0.25) is 0 Å². The molecule has 1 aromatic heterocycles. The predicted molar refractivity (Wildman–Crippen MR) is 83.2 cm³/mol. The average Bonchev–Trinajstić information content (AvgIpc) is 2.82. The Morgan fingerprint density at radius 1 is 1.00 bits per heavy atom. The van der Waals surface area contributed by atoms with E-state index in [-0.39, 0.29) is 5.78 Å². The summed E-state index contributed by atoms with van der Waals surface area (Å²) < 4.78 is 0. The van der Waals surface area contributed by atoms with E-state index in [9.17, 15) is 4.79 Å². The van der Waals surface area contributed by atoms with Crippen LogP contribution in [0.15, 0.2) is 42.6 Å². The molecule has 0 amide bonds. The molecule has 0 aliphatic rings. The van der Waals surface area contributed by atoms with Crippen LogP contribution in [0, 0.1) is 0 Å². The monoisotopic (exact) mass is 323 g/mol. The number of aromatic nitrogens is 1. The first-order chi connectivity index (χ1) is 9.56. The highest BCUT2D eigenvalue weighted by Crippen LogP contribution is 2.28. The van der Waals surface area contributed by atoms with Gasteiger partial charge in [0.15, 0.2) is 5.78 Å². The van der Waals surface area contributed by atoms with Crippen LogP contribution in [0.4, 0.5) is 0 Å². The van der Waals surface area contributed by atoms with Gasteiger partial charge in [0.05, 0.1) is 10.5 Å². The second-order valence-corrected chi connectivity index (χ2v) is 5.63. The van der Waals surface area contributed by atoms with Gasteiger partial charge in [0, 0.05) is 32.8 Å². The van der Waals surface area contributed by atoms with Crippen LogP contribution in [0.5, 0.6) is 0 Å². The van der Waals surface area contributed by atoms with Gasteiger partial charge in [0.25, 0.3) is 0 Å². The number of hydrogen-bond acceptors (Lipinski definition) is 1. The maximum atomic E-state index is 12.6. The van der Waals surface area contributed by atoms with Crippen molar-refractivity contribution in [2.75, 3.05) is 0 Å². The van der Waals surface area contributed by atoms with Crippen LogP contribution in [0.25, 0.3) is 10.9 Å². The van der Waals surface area contributed by atoms with Crippen molar-refractivity contribution in [3.8, 4) is 0 Å². The van der Waals surface area contributed by atoms with Crippen molar-refractivity contribution in [3.63, 3.8) is 0 Å². The molecule has 0 saturated heterocycles. The van der Waals surface area contributed by atoms with E-state index in [1.165, 1.54) is 0 Å². The number of hydrogen-bond donors (Lipinski definition) is 1. The zero-order chi connectivity index (χ0) is 14.3. The van der Waals surface area contributed by atoms with Gasteiger partial charge in [-0.2, -0.15) is 0 Å². The Bertz CT molecular complexity index is 803. The van der Waals surface area contributed by atoms with Crippen molar-refractivity contribution in [2.45, 2.75) is 0 Å². The Balaban J connectivity index is 2.15. The molecular weight excluding hydrogens is 317 g/mol. The fourth-order valence-corrected chi connectivity index (χ4v) is 2.90. The predicted octanol–water partition coefficient (Wildman–Crippen LogP) is 5.36. The Kier molecular flexibility index (Phi) is 3.47. The standard InChI is InChI=1S/C15H8Cl3NO/c16-9-4-8(5-10(17)6-9)15(20)12-7-19-14-11(12)2-1-3-13(14)18/h1-7,19H. The van der Waals surface area contributed by atoms with Gasteiger partial charge in [-0.1, -0.05) is 46.9 Å². The molecule has 0 atom stereocenters. The quantitative estimate of drug-likeness (QED) is 0.632. The maximum Gasteiger partial charge on any atom is 0.195 e. The minimum Gasteiger partial charge on any atom is -0.359 e. The molecule has 3 aromatic rings. The third-order valence-corrected chi connectivity index (χ3v) is 3.79. The van der Waals surface area contributed by atoms with Crippen molar-refractivity contribution < 1.29 is 4.79 Å². The first-order valence-electron chi connectivity index (χ1n) is 5.82. The lowest BCUT2D eigenvalue weighted by atomic mass is 10.0. The summed E-state index contributed by atoms with van der Waals surface area (Å²) in [5.74, 6) is -0.150. The van der Waals surface area contributed by atoms with Crippen LogP contribution in [0.1, 0.15) is 15.9 Å². The number of carbonyl (C=O) groups is 1. The summed E-state index contributed by atoms with van der Waals surface area (Å²) in [7, 11) is 0. The molecule has 0 radical (unpaired) electrons. The van der Waals surface area contributed by atoms with E-state index in [1.807, 2.05) is 6.07 Å². The van der Waals surface area contributed by atoms with E-state index in [0.717, 1.165) is 10.9 Å². The third kappa shape index (κ3) is 2.31. The SMILES string of the molecule is O=C(c1cc(Cl)cc(Cl)c1)c1c[nH]c2c(Cl)cccc12. The summed E-state index contributed by atoms with van der Waals surface area (Å²) in [5.41, 5.74) is 1.73. The second kappa shape index (κ2) is 5.13. The molecule has 0 fully saturated rings. The number of aromatic amines is 1. The zero-order valence-corrected chi connectivity index (χ0v) is 12.4. The van der Waals surface area contributed by atoms with Gasteiger partial charge < -0.3 is 4.98 Å². The normalized spacial score (nSPS) is 10.9. The lowest BCUT2D eigenvalue weighted by Crippen LogP contribution is -2.00. The van der Waals surface area contributed by atoms with E-state index in [4.69, 9.17) is 34.8 Å². The fraction of sp³-hybridized carbons (Fsp3) is 0. The summed E-state index contributed by atoms with van der Waals surface area (Å²) in [6.07, 6.45) is 1.65. The molecule has 0 aliphatic carbocycles. The number of rotatable bonds is 2. The first-order valence-corrected chi connectivity index (χ1v) is 6.96. The lowest BCUT2D eigenvalue weighted by molar-refractivity contribution is 0.104. The van der Waals surface area contributed by atoms with Crippen molar-refractivity contribution in [1.29, 1.82) is 0 Å². The molecular formula is C15H8Cl3NO. The summed E-state index contributed by atoms with van der Waals surface area (Å²) in [4.78, 5) is 15.6. The number of para-hydroxylation sites is 1. The van der Waals surface area contributed by atoms with Gasteiger partial charge >= 0.3 is 0 Å². The van der Waals surface area contributed by atoms with Gasteiger partial charge in [-0.15, -0.1) is 0 Å². The molecule has 2 aromatic carbocycles. The Morgan fingerprint density at radius 3 is 2.40 bits per heavy atom. The van der Waals surface area contributed by atoms with E-state index >= 15 is 0 Å². The largest absolute Gasteiger partial charge is 0.359 e. The molecule has 1 N–H and O–H groups in total. The summed E-state index contributed by atoms with van der Waals surface area (Å²) in [5, 5.41) is 2.21. The maximum absolute atomic E-state index is 12.6. The molecule has 0 bridgehead atoms. The molecule has 2 nitrogen and oxygen atoms in total. The van der Waals surface area contributed by atoms with Gasteiger partial charge in [0.1, 0.15) is 0 Å². The minimum absolute atomic E-state index is 0.150. The molecule has 20 heavy (non-hydrogen) atoms. The molecule has 0 saturated carbocycles. The van der Waals surface area contributed by atoms with Crippen molar-refractivity contribution in [3.05, 3.63) is 68.8 Å². The van der Waals surface area contributed by atoms with E-state index in [1.54, 1.807) is 36.5 Å². The number of fused-ring (bicyclic) bond motifs is 1. The molecule has 0 unspecified atom stereocenters.